The van der Waals surface area contributed by atoms with Gasteiger partial charge in [-0.05, 0) is 31.2 Å². The Labute approximate surface area is 111 Å². The van der Waals surface area contributed by atoms with Crippen molar-refractivity contribution in [2.24, 2.45) is 0 Å². The summed E-state index contributed by atoms with van der Waals surface area (Å²) in [5.41, 5.74) is 1.41. The maximum absolute atomic E-state index is 13.6. The molecule has 0 aliphatic rings. The van der Waals surface area contributed by atoms with E-state index in [9.17, 15) is 4.39 Å². The van der Waals surface area contributed by atoms with E-state index in [0.29, 0.717) is 17.1 Å². The van der Waals surface area contributed by atoms with Crippen molar-refractivity contribution in [3.05, 3.63) is 64.7 Å². The number of benzene rings is 1. The normalized spacial score (nSPS) is 12.4. The first-order valence-electron chi connectivity index (χ1n) is 5.75. The fourth-order valence-electron chi connectivity index (χ4n) is 1.69. The van der Waals surface area contributed by atoms with Gasteiger partial charge in [-0.25, -0.2) is 4.39 Å². The fraction of sp³-hybridized carbons (Fsp3) is 0.214. The third-order valence-electron chi connectivity index (χ3n) is 2.78. The lowest BCUT2D eigenvalue weighted by Gasteiger charge is -2.14. The van der Waals surface area contributed by atoms with Crippen LogP contribution in [0, 0.1) is 5.82 Å². The molecule has 0 aliphatic carbocycles. The van der Waals surface area contributed by atoms with E-state index in [1.165, 1.54) is 6.07 Å². The predicted molar refractivity (Wildman–Crippen MR) is 70.9 cm³/mol. The van der Waals surface area contributed by atoms with Gasteiger partial charge in [0.25, 0.3) is 0 Å². The van der Waals surface area contributed by atoms with Crippen LogP contribution in [0.15, 0.2) is 42.6 Å². The minimum Gasteiger partial charge on any atom is -0.305 e. The molecule has 1 heterocycles. The number of aromatic nitrogens is 1. The zero-order chi connectivity index (χ0) is 13.0. The van der Waals surface area contributed by atoms with E-state index < -0.39 is 0 Å². The van der Waals surface area contributed by atoms with Gasteiger partial charge >= 0.3 is 0 Å². The van der Waals surface area contributed by atoms with Crippen LogP contribution >= 0.6 is 11.6 Å². The van der Waals surface area contributed by atoms with Crippen LogP contribution in [-0.2, 0) is 6.54 Å². The smallest absolute Gasteiger partial charge is 0.129 e. The second-order valence-corrected chi connectivity index (χ2v) is 4.46. The number of halogens is 2. The second kappa shape index (κ2) is 5.94. The van der Waals surface area contributed by atoms with Crippen molar-refractivity contribution < 1.29 is 4.39 Å². The Morgan fingerprint density at radius 2 is 2.11 bits per heavy atom. The number of rotatable bonds is 4. The molecule has 1 aromatic carbocycles. The summed E-state index contributed by atoms with van der Waals surface area (Å²) >= 11 is 5.96. The number of nitrogens with zero attached hydrogens (tertiary/aromatic N) is 1. The average molecular weight is 265 g/mol. The molecule has 0 aliphatic heterocycles. The van der Waals surface area contributed by atoms with Crippen LogP contribution in [-0.4, -0.2) is 4.98 Å². The summed E-state index contributed by atoms with van der Waals surface area (Å²) in [7, 11) is 0. The van der Waals surface area contributed by atoms with Gasteiger partial charge in [0.05, 0.1) is 5.69 Å². The molecule has 0 saturated heterocycles. The number of pyridine rings is 1. The van der Waals surface area contributed by atoms with Crippen LogP contribution in [0.25, 0.3) is 0 Å². The minimum absolute atomic E-state index is 0.0434. The van der Waals surface area contributed by atoms with Gasteiger partial charge in [-0.1, -0.05) is 23.7 Å². The van der Waals surface area contributed by atoms with E-state index >= 15 is 0 Å². The summed E-state index contributed by atoms with van der Waals surface area (Å²) in [6.07, 6.45) is 1.74. The van der Waals surface area contributed by atoms with Crippen LogP contribution in [0.1, 0.15) is 24.2 Å². The SMILES string of the molecule is C[C@H](NCc1c(F)cccc1Cl)c1ccccn1. The van der Waals surface area contributed by atoms with Gasteiger partial charge in [0.15, 0.2) is 0 Å². The van der Waals surface area contributed by atoms with E-state index in [1.54, 1.807) is 18.3 Å². The summed E-state index contributed by atoms with van der Waals surface area (Å²) < 4.78 is 13.6. The Bertz CT molecular complexity index is 496. The molecule has 0 fully saturated rings. The third kappa shape index (κ3) is 3.06. The molecule has 94 valence electrons. The Balaban J connectivity index is 2.04. The van der Waals surface area contributed by atoms with Gasteiger partial charge < -0.3 is 5.32 Å². The molecule has 0 bridgehead atoms. The lowest BCUT2D eigenvalue weighted by molar-refractivity contribution is 0.536. The second-order valence-electron chi connectivity index (χ2n) is 4.06. The van der Waals surface area contributed by atoms with Crippen LogP contribution in [0.5, 0.6) is 0 Å². The zero-order valence-corrected chi connectivity index (χ0v) is 10.8. The van der Waals surface area contributed by atoms with Crippen molar-refractivity contribution in [3.8, 4) is 0 Å². The van der Waals surface area contributed by atoms with Gasteiger partial charge in [-0.2, -0.15) is 0 Å². The zero-order valence-electron chi connectivity index (χ0n) is 10.0. The average Bonchev–Trinajstić information content (AvgIpc) is 2.39. The summed E-state index contributed by atoms with van der Waals surface area (Å²) in [5, 5.41) is 3.65. The standard InChI is InChI=1S/C14H14ClFN2/c1-10(14-7-2-3-8-17-14)18-9-11-12(15)5-4-6-13(11)16/h2-8,10,18H,9H2,1H3/t10-/m0/s1. The van der Waals surface area contributed by atoms with Crippen molar-refractivity contribution in [2.75, 3.05) is 0 Å². The first-order valence-corrected chi connectivity index (χ1v) is 6.13. The van der Waals surface area contributed by atoms with Crippen molar-refractivity contribution >= 4 is 11.6 Å². The Morgan fingerprint density at radius 3 is 2.78 bits per heavy atom. The molecule has 1 N–H and O–H groups in total. The molecule has 0 amide bonds. The van der Waals surface area contributed by atoms with E-state index in [4.69, 9.17) is 11.6 Å². The first-order chi connectivity index (χ1) is 8.68. The van der Waals surface area contributed by atoms with Crippen molar-refractivity contribution in [1.29, 1.82) is 0 Å². The highest BCUT2D eigenvalue weighted by Gasteiger charge is 2.10. The lowest BCUT2D eigenvalue weighted by Crippen LogP contribution is -2.19. The number of nitrogens with one attached hydrogen (secondary N) is 1. The molecule has 2 nitrogen and oxygen atoms in total. The molecule has 0 spiro atoms. The van der Waals surface area contributed by atoms with Crippen LogP contribution in [0.2, 0.25) is 5.02 Å². The summed E-state index contributed by atoms with van der Waals surface area (Å²) in [5.74, 6) is -0.289. The van der Waals surface area contributed by atoms with Gasteiger partial charge in [-0.3, -0.25) is 4.98 Å². The summed E-state index contributed by atoms with van der Waals surface area (Å²) in [6.45, 7) is 2.36. The van der Waals surface area contributed by atoms with Crippen molar-refractivity contribution in [2.45, 2.75) is 19.5 Å². The van der Waals surface area contributed by atoms with Gasteiger partial charge in [0.2, 0.25) is 0 Å². The number of hydrogen-bond acceptors (Lipinski definition) is 2. The highest BCUT2D eigenvalue weighted by atomic mass is 35.5. The van der Waals surface area contributed by atoms with E-state index in [-0.39, 0.29) is 11.9 Å². The van der Waals surface area contributed by atoms with Gasteiger partial charge in [0.1, 0.15) is 5.82 Å². The topological polar surface area (TPSA) is 24.9 Å². The third-order valence-corrected chi connectivity index (χ3v) is 3.13. The van der Waals surface area contributed by atoms with E-state index in [0.717, 1.165) is 5.69 Å². The molecule has 1 atom stereocenters. The molecule has 1 aromatic heterocycles. The van der Waals surface area contributed by atoms with Crippen LogP contribution in [0.4, 0.5) is 4.39 Å². The largest absolute Gasteiger partial charge is 0.305 e. The van der Waals surface area contributed by atoms with Gasteiger partial charge in [-0.15, -0.1) is 0 Å². The molecule has 2 aromatic rings. The number of hydrogen-bond donors (Lipinski definition) is 1. The highest BCUT2D eigenvalue weighted by molar-refractivity contribution is 6.31. The van der Waals surface area contributed by atoms with Crippen molar-refractivity contribution in [3.63, 3.8) is 0 Å². The highest BCUT2D eigenvalue weighted by Crippen LogP contribution is 2.19. The Morgan fingerprint density at radius 1 is 1.28 bits per heavy atom. The molecule has 0 saturated carbocycles. The Hall–Kier alpha value is -1.45. The molecule has 18 heavy (non-hydrogen) atoms. The van der Waals surface area contributed by atoms with Crippen LogP contribution in [0.3, 0.4) is 0 Å². The van der Waals surface area contributed by atoms with Crippen molar-refractivity contribution in [1.82, 2.24) is 10.3 Å². The van der Waals surface area contributed by atoms with Crippen LogP contribution < -0.4 is 5.32 Å². The molecule has 2 rings (SSSR count). The van der Waals surface area contributed by atoms with E-state index in [2.05, 4.69) is 10.3 Å². The molecular weight excluding hydrogens is 251 g/mol. The fourth-order valence-corrected chi connectivity index (χ4v) is 1.92. The van der Waals surface area contributed by atoms with E-state index in [1.807, 2.05) is 25.1 Å². The monoisotopic (exact) mass is 264 g/mol. The minimum atomic E-state index is -0.289. The summed E-state index contributed by atoms with van der Waals surface area (Å²) in [4.78, 5) is 4.25. The maximum Gasteiger partial charge on any atom is 0.129 e. The molecule has 0 radical (unpaired) electrons. The quantitative estimate of drug-likeness (QED) is 0.910. The predicted octanol–water partition coefficient (Wildman–Crippen LogP) is 3.72. The summed E-state index contributed by atoms with van der Waals surface area (Å²) in [6, 6.07) is 10.5. The molecule has 0 unspecified atom stereocenters. The molecule has 4 heteroatoms. The Kier molecular flexibility index (Phi) is 4.28. The maximum atomic E-state index is 13.6. The van der Waals surface area contributed by atoms with Gasteiger partial charge in [0, 0.05) is 29.4 Å². The first kappa shape index (κ1) is 13.0. The lowest BCUT2D eigenvalue weighted by atomic mass is 10.1. The molecular formula is C14H14ClFN2.